The third kappa shape index (κ3) is 3.30. The number of hydrogen-bond donors (Lipinski definition) is 0. The minimum Gasteiger partial charge on any atom is -0.460 e. The normalized spacial score (nSPS) is 21.6. The van der Waals surface area contributed by atoms with E-state index in [9.17, 15) is 4.79 Å². The van der Waals surface area contributed by atoms with Gasteiger partial charge in [0.1, 0.15) is 11.7 Å². The lowest BCUT2D eigenvalue weighted by Gasteiger charge is -2.52. The van der Waals surface area contributed by atoms with Crippen molar-refractivity contribution in [2.45, 2.75) is 31.5 Å². The van der Waals surface area contributed by atoms with Gasteiger partial charge in [0.2, 0.25) is 5.82 Å². The maximum Gasteiger partial charge on any atom is 0.316 e. The van der Waals surface area contributed by atoms with E-state index in [1.807, 2.05) is 13.0 Å². The number of aryl methyl sites for hydroxylation is 1. The fraction of sp³-hybridized carbons (Fsp3) is 0.471. The summed E-state index contributed by atoms with van der Waals surface area (Å²) in [4.78, 5) is 30.5. The summed E-state index contributed by atoms with van der Waals surface area (Å²) in [5.41, 5.74) is 0.520. The number of amides is 1. The van der Waals surface area contributed by atoms with Crippen LogP contribution in [-0.4, -0.2) is 62.1 Å². The van der Waals surface area contributed by atoms with Gasteiger partial charge in [0.05, 0.1) is 19.7 Å². The second kappa shape index (κ2) is 6.36. The molecule has 0 radical (unpaired) electrons. The van der Waals surface area contributed by atoms with Gasteiger partial charge in [-0.2, -0.15) is 0 Å². The third-order valence-electron chi connectivity index (χ3n) is 4.49. The van der Waals surface area contributed by atoms with Crippen molar-refractivity contribution < 1.29 is 14.3 Å². The van der Waals surface area contributed by atoms with Gasteiger partial charge in [0.25, 0.3) is 5.91 Å². The van der Waals surface area contributed by atoms with E-state index in [4.69, 9.17) is 9.47 Å². The maximum absolute atomic E-state index is 12.4. The number of rotatable bonds is 3. The van der Waals surface area contributed by atoms with Gasteiger partial charge < -0.3 is 14.4 Å². The van der Waals surface area contributed by atoms with Crippen LogP contribution in [0.3, 0.4) is 0 Å². The van der Waals surface area contributed by atoms with Crippen molar-refractivity contribution >= 4 is 5.91 Å². The molecule has 130 valence electrons. The SMILES string of the molecule is Cc1ccnc(OC2CCOC3(C2)CN(C(=O)c2ncccn2)C3)n1. The summed E-state index contributed by atoms with van der Waals surface area (Å²) >= 11 is 0. The van der Waals surface area contributed by atoms with Crippen molar-refractivity contribution in [1.82, 2.24) is 24.8 Å². The molecule has 1 unspecified atom stereocenters. The van der Waals surface area contributed by atoms with E-state index >= 15 is 0 Å². The van der Waals surface area contributed by atoms with Crippen LogP contribution in [0.4, 0.5) is 0 Å². The van der Waals surface area contributed by atoms with Crippen LogP contribution in [0.15, 0.2) is 30.7 Å². The van der Waals surface area contributed by atoms with Crippen LogP contribution in [0.5, 0.6) is 6.01 Å². The Morgan fingerprint density at radius 3 is 2.84 bits per heavy atom. The van der Waals surface area contributed by atoms with Gasteiger partial charge >= 0.3 is 6.01 Å². The minimum absolute atomic E-state index is 0.0132. The number of carbonyl (C=O) groups is 1. The van der Waals surface area contributed by atoms with Gasteiger partial charge in [-0.15, -0.1) is 0 Å². The lowest BCUT2D eigenvalue weighted by Crippen LogP contribution is -2.67. The molecule has 0 bridgehead atoms. The zero-order chi connectivity index (χ0) is 17.3. The molecule has 2 aliphatic rings. The zero-order valence-electron chi connectivity index (χ0n) is 14.0. The molecule has 2 fully saturated rings. The van der Waals surface area contributed by atoms with Crippen molar-refractivity contribution in [3.63, 3.8) is 0 Å². The van der Waals surface area contributed by atoms with Gasteiger partial charge in [-0.1, -0.05) is 0 Å². The highest BCUT2D eigenvalue weighted by atomic mass is 16.5. The smallest absolute Gasteiger partial charge is 0.316 e. The Morgan fingerprint density at radius 1 is 1.28 bits per heavy atom. The third-order valence-corrected chi connectivity index (χ3v) is 4.49. The van der Waals surface area contributed by atoms with Crippen LogP contribution >= 0.6 is 0 Å². The molecule has 1 amide bonds. The Morgan fingerprint density at radius 2 is 2.08 bits per heavy atom. The Hall–Kier alpha value is -2.61. The van der Waals surface area contributed by atoms with Crippen LogP contribution in [0.2, 0.25) is 0 Å². The molecule has 4 rings (SSSR count). The van der Waals surface area contributed by atoms with E-state index in [1.165, 1.54) is 0 Å². The zero-order valence-corrected chi connectivity index (χ0v) is 14.0. The summed E-state index contributed by atoms with van der Waals surface area (Å²) in [5, 5.41) is 0. The lowest BCUT2D eigenvalue weighted by molar-refractivity contribution is -0.174. The molecule has 1 spiro atoms. The van der Waals surface area contributed by atoms with Crippen LogP contribution < -0.4 is 4.74 Å². The molecule has 8 heteroatoms. The number of carbonyl (C=O) groups excluding carboxylic acids is 1. The molecule has 25 heavy (non-hydrogen) atoms. The Kier molecular flexibility index (Phi) is 4.04. The second-order valence-electron chi connectivity index (χ2n) is 6.48. The Labute approximate surface area is 145 Å². The fourth-order valence-corrected chi connectivity index (χ4v) is 3.28. The first-order chi connectivity index (χ1) is 12.1. The predicted octanol–water partition coefficient (Wildman–Crippen LogP) is 1.03. The number of aromatic nitrogens is 4. The van der Waals surface area contributed by atoms with Crippen LogP contribution in [0.1, 0.15) is 29.2 Å². The summed E-state index contributed by atoms with van der Waals surface area (Å²) in [7, 11) is 0. The van der Waals surface area contributed by atoms with Gasteiger partial charge in [-0.05, 0) is 19.1 Å². The molecular formula is C17H19N5O3. The first-order valence-corrected chi connectivity index (χ1v) is 8.30. The van der Waals surface area contributed by atoms with Crippen molar-refractivity contribution in [3.8, 4) is 6.01 Å². The summed E-state index contributed by atoms with van der Waals surface area (Å²) in [5.74, 6) is 0.0500. The van der Waals surface area contributed by atoms with Gasteiger partial charge in [0.15, 0.2) is 0 Å². The maximum atomic E-state index is 12.4. The molecule has 0 saturated carbocycles. The first kappa shape index (κ1) is 15.9. The lowest BCUT2D eigenvalue weighted by atomic mass is 9.84. The molecule has 0 N–H and O–H groups in total. The molecule has 0 aromatic carbocycles. The predicted molar refractivity (Wildman–Crippen MR) is 87.0 cm³/mol. The number of nitrogens with zero attached hydrogens (tertiary/aromatic N) is 5. The quantitative estimate of drug-likeness (QED) is 0.823. The van der Waals surface area contributed by atoms with E-state index in [2.05, 4.69) is 19.9 Å². The number of hydrogen-bond acceptors (Lipinski definition) is 7. The molecule has 4 heterocycles. The number of ether oxygens (including phenoxy) is 2. The molecule has 2 aliphatic heterocycles. The fourth-order valence-electron chi connectivity index (χ4n) is 3.28. The minimum atomic E-state index is -0.350. The molecule has 2 saturated heterocycles. The monoisotopic (exact) mass is 341 g/mol. The number of likely N-dealkylation sites (tertiary alicyclic amines) is 1. The van der Waals surface area contributed by atoms with Crippen molar-refractivity contribution in [3.05, 3.63) is 42.2 Å². The first-order valence-electron chi connectivity index (χ1n) is 8.30. The molecule has 8 nitrogen and oxygen atoms in total. The summed E-state index contributed by atoms with van der Waals surface area (Å²) in [6.07, 6.45) is 6.31. The standard InChI is InChI=1S/C17H19N5O3/c1-12-3-7-20-16(21-12)25-13-4-8-24-17(9-13)10-22(11-17)15(23)14-18-5-2-6-19-14/h2-3,5-7,13H,4,8-11H2,1H3. The van der Waals surface area contributed by atoms with E-state index in [-0.39, 0.29) is 23.4 Å². The van der Waals surface area contributed by atoms with Crippen molar-refractivity contribution in [2.75, 3.05) is 19.7 Å². The average molecular weight is 341 g/mol. The Bertz CT molecular complexity index is 764. The van der Waals surface area contributed by atoms with Crippen LogP contribution in [0, 0.1) is 6.92 Å². The molecule has 2 aromatic rings. The molecular weight excluding hydrogens is 322 g/mol. The van der Waals surface area contributed by atoms with Crippen LogP contribution in [-0.2, 0) is 4.74 Å². The van der Waals surface area contributed by atoms with E-state index in [0.29, 0.717) is 32.1 Å². The average Bonchev–Trinajstić information content (AvgIpc) is 2.60. The highest BCUT2D eigenvalue weighted by molar-refractivity contribution is 5.91. The van der Waals surface area contributed by atoms with Crippen molar-refractivity contribution in [2.24, 2.45) is 0 Å². The van der Waals surface area contributed by atoms with Crippen molar-refractivity contribution in [1.29, 1.82) is 0 Å². The highest BCUT2D eigenvalue weighted by Gasteiger charge is 2.50. The van der Waals surface area contributed by atoms with Gasteiger partial charge in [-0.25, -0.2) is 19.9 Å². The molecule has 1 atom stereocenters. The molecule has 2 aromatic heterocycles. The topological polar surface area (TPSA) is 90.3 Å². The van der Waals surface area contributed by atoms with E-state index < -0.39 is 0 Å². The molecule has 0 aliphatic carbocycles. The van der Waals surface area contributed by atoms with E-state index in [1.54, 1.807) is 29.6 Å². The van der Waals surface area contributed by atoms with Gasteiger partial charge in [0, 0.05) is 37.1 Å². The highest BCUT2D eigenvalue weighted by Crippen LogP contribution is 2.35. The summed E-state index contributed by atoms with van der Waals surface area (Å²) < 4.78 is 11.9. The Balaban J connectivity index is 1.37. The van der Waals surface area contributed by atoms with Gasteiger partial charge in [-0.3, -0.25) is 4.79 Å². The van der Waals surface area contributed by atoms with E-state index in [0.717, 1.165) is 12.1 Å². The largest absolute Gasteiger partial charge is 0.460 e. The van der Waals surface area contributed by atoms with Crippen LogP contribution in [0.25, 0.3) is 0 Å². The summed E-state index contributed by atoms with van der Waals surface area (Å²) in [6.45, 7) is 3.55. The summed E-state index contributed by atoms with van der Waals surface area (Å²) in [6, 6.07) is 3.92. The second-order valence-corrected chi connectivity index (χ2v) is 6.48.